The zero-order valence-corrected chi connectivity index (χ0v) is 15.5. The van der Waals surface area contributed by atoms with E-state index in [1.807, 2.05) is 24.3 Å². The lowest BCUT2D eigenvalue weighted by atomic mass is 10.0. The van der Waals surface area contributed by atoms with E-state index in [1.54, 1.807) is 6.20 Å². The highest BCUT2D eigenvalue weighted by molar-refractivity contribution is 7.16. The minimum absolute atomic E-state index is 0.00261. The van der Waals surface area contributed by atoms with Crippen LogP contribution in [0.3, 0.4) is 0 Å². The second-order valence-corrected chi connectivity index (χ2v) is 7.23. The number of carbonyl (C=O) groups is 2. The van der Waals surface area contributed by atoms with Crippen LogP contribution in [-0.4, -0.2) is 42.5 Å². The average Bonchev–Trinajstić information content (AvgIpc) is 3.28. The lowest BCUT2D eigenvalue weighted by Gasteiger charge is -2.12. The van der Waals surface area contributed by atoms with E-state index in [0.29, 0.717) is 23.7 Å². The lowest BCUT2D eigenvalue weighted by molar-refractivity contribution is -0.143. The number of rotatable bonds is 7. The number of nitrogen functional groups attached to an aromatic ring is 1. The molecule has 2 aromatic rings. The van der Waals surface area contributed by atoms with Gasteiger partial charge in [-0.25, -0.2) is 4.98 Å². The summed E-state index contributed by atoms with van der Waals surface area (Å²) in [4.78, 5) is 28.1. The molecule has 2 heterocycles. The molecular formula is C18H20N4O4S. The standard InChI is InChI=1S/C18H20N4O4S/c1-25-15(23)7-11-6-12(22-17(11)24)9-26-13-4-2-10(3-5-13)18-21-8-14(27-18)16(19)20/h2-5,8,11-12H,6-7,9H2,1H3,(H3,19,20)(H,22,24)/t11-,12-/m0/s1. The van der Waals surface area contributed by atoms with Crippen LogP contribution >= 0.6 is 11.3 Å². The minimum atomic E-state index is -0.387. The molecule has 8 nitrogen and oxygen atoms in total. The molecule has 1 aromatic carbocycles. The minimum Gasteiger partial charge on any atom is -0.491 e. The van der Waals surface area contributed by atoms with Crippen LogP contribution < -0.4 is 15.8 Å². The van der Waals surface area contributed by atoms with Crippen molar-refractivity contribution in [1.29, 1.82) is 5.41 Å². The zero-order chi connectivity index (χ0) is 19.4. The predicted molar refractivity (Wildman–Crippen MR) is 101 cm³/mol. The summed E-state index contributed by atoms with van der Waals surface area (Å²) < 4.78 is 10.4. The van der Waals surface area contributed by atoms with Gasteiger partial charge in [0.05, 0.1) is 30.4 Å². The third-order valence-corrected chi connectivity index (χ3v) is 5.33. The molecule has 1 aliphatic rings. The number of amides is 1. The average molecular weight is 388 g/mol. The van der Waals surface area contributed by atoms with Gasteiger partial charge in [-0.1, -0.05) is 0 Å². The number of nitrogens with zero attached hydrogens (tertiary/aromatic N) is 1. The molecule has 27 heavy (non-hydrogen) atoms. The molecule has 9 heteroatoms. The Morgan fingerprint density at radius 3 is 2.78 bits per heavy atom. The van der Waals surface area contributed by atoms with Crippen LogP contribution in [0.5, 0.6) is 5.75 Å². The number of hydrogen-bond donors (Lipinski definition) is 3. The number of ether oxygens (including phenoxy) is 2. The molecule has 3 rings (SSSR count). The van der Waals surface area contributed by atoms with E-state index in [-0.39, 0.29) is 36.1 Å². The summed E-state index contributed by atoms with van der Waals surface area (Å²) in [6, 6.07) is 7.28. The van der Waals surface area contributed by atoms with E-state index in [9.17, 15) is 9.59 Å². The molecule has 142 valence electrons. The number of methoxy groups -OCH3 is 1. The van der Waals surface area contributed by atoms with Crippen LogP contribution in [0, 0.1) is 11.3 Å². The first-order chi connectivity index (χ1) is 13.0. The van der Waals surface area contributed by atoms with Gasteiger partial charge in [0.15, 0.2) is 0 Å². The normalized spacial score (nSPS) is 18.8. The molecule has 2 atom stereocenters. The van der Waals surface area contributed by atoms with Crippen molar-refractivity contribution in [2.75, 3.05) is 13.7 Å². The Morgan fingerprint density at radius 2 is 2.15 bits per heavy atom. The maximum absolute atomic E-state index is 11.9. The summed E-state index contributed by atoms with van der Waals surface area (Å²) in [5.41, 5.74) is 6.37. The van der Waals surface area contributed by atoms with Crippen molar-refractivity contribution in [1.82, 2.24) is 10.3 Å². The van der Waals surface area contributed by atoms with Crippen LogP contribution in [0.4, 0.5) is 0 Å². The number of amidine groups is 1. The molecular weight excluding hydrogens is 368 g/mol. The Morgan fingerprint density at radius 1 is 1.41 bits per heavy atom. The van der Waals surface area contributed by atoms with Crippen molar-refractivity contribution in [3.05, 3.63) is 35.3 Å². The fourth-order valence-electron chi connectivity index (χ4n) is 2.82. The van der Waals surface area contributed by atoms with Crippen molar-refractivity contribution < 1.29 is 19.1 Å². The van der Waals surface area contributed by atoms with Crippen LogP contribution in [0.25, 0.3) is 10.6 Å². The predicted octanol–water partition coefficient (Wildman–Crippen LogP) is 1.54. The van der Waals surface area contributed by atoms with Crippen LogP contribution in [0.2, 0.25) is 0 Å². The molecule has 1 aliphatic heterocycles. The molecule has 0 saturated carbocycles. The van der Waals surface area contributed by atoms with E-state index in [4.69, 9.17) is 15.9 Å². The number of nitrogens with one attached hydrogen (secondary N) is 2. The van der Waals surface area contributed by atoms with E-state index >= 15 is 0 Å². The Balaban J connectivity index is 1.54. The number of esters is 1. The first-order valence-corrected chi connectivity index (χ1v) is 9.18. The second-order valence-electron chi connectivity index (χ2n) is 6.20. The molecule has 0 radical (unpaired) electrons. The van der Waals surface area contributed by atoms with Gasteiger partial charge in [-0.05, 0) is 30.7 Å². The van der Waals surface area contributed by atoms with Crippen molar-refractivity contribution in [3.63, 3.8) is 0 Å². The monoisotopic (exact) mass is 388 g/mol. The third-order valence-electron chi connectivity index (χ3n) is 4.25. The highest BCUT2D eigenvalue weighted by atomic mass is 32.1. The van der Waals surface area contributed by atoms with Crippen molar-refractivity contribution in [2.24, 2.45) is 11.7 Å². The molecule has 0 unspecified atom stereocenters. The van der Waals surface area contributed by atoms with Crippen molar-refractivity contribution >= 4 is 29.0 Å². The maximum Gasteiger partial charge on any atom is 0.306 e. The van der Waals surface area contributed by atoms with Gasteiger partial charge in [0.25, 0.3) is 0 Å². The molecule has 4 N–H and O–H groups in total. The van der Waals surface area contributed by atoms with Gasteiger partial charge in [-0.2, -0.15) is 0 Å². The number of carbonyl (C=O) groups excluding carboxylic acids is 2. The number of hydrogen-bond acceptors (Lipinski definition) is 7. The summed E-state index contributed by atoms with van der Waals surface area (Å²) in [5, 5.41) is 11.1. The number of benzene rings is 1. The number of aromatic nitrogens is 1. The van der Waals surface area contributed by atoms with Gasteiger partial charge < -0.3 is 20.5 Å². The van der Waals surface area contributed by atoms with Crippen LogP contribution in [0.15, 0.2) is 30.5 Å². The van der Waals surface area contributed by atoms with Gasteiger partial charge in [0.1, 0.15) is 23.2 Å². The highest BCUT2D eigenvalue weighted by Crippen LogP contribution is 2.27. The first kappa shape index (κ1) is 18.8. The summed E-state index contributed by atoms with van der Waals surface area (Å²) in [6.45, 7) is 0.328. The Kier molecular flexibility index (Phi) is 5.70. The first-order valence-electron chi connectivity index (χ1n) is 8.37. The summed E-state index contributed by atoms with van der Waals surface area (Å²) in [6.07, 6.45) is 2.21. The van der Waals surface area contributed by atoms with E-state index in [0.717, 1.165) is 10.6 Å². The van der Waals surface area contributed by atoms with Gasteiger partial charge in [0, 0.05) is 11.8 Å². The largest absolute Gasteiger partial charge is 0.491 e. The molecule has 1 fully saturated rings. The highest BCUT2D eigenvalue weighted by Gasteiger charge is 2.34. The molecule has 1 saturated heterocycles. The zero-order valence-electron chi connectivity index (χ0n) is 14.7. The smallest absolute Gasteiger partial charge is 0.306 e. The van der Waals surface area contributed by atoms with Gasteiger partial charge in [-0.3, -0.25) is 15.0 Å². The van der Waals surface area contributed by atoms with Gasteiger partial charge in [0.2, 0.25) is 5.91 Å². The van der Waals surface area contributed by atoms with Crippen LogP contribution in [0.1, 0.15) is 17.7 Å². The van der Waals surface area contributed by atoms with E-state index in [2.05, 4.69) is 15.0 Å². The van der Waals surface area contributed by atoms with Crippen LogP contribution in [-0.2, 0) is 14.3 Å². The van der Waals surface area contributed by atoms with Gasteiger partial charge in [-0.15, -0.1) is 11.3 Å². The Bertz CT molecular complexity index is 849. The number of thiazole rings is 1. The third kappa shape index (κ3) is 4.62. The maximum atomic E-state index is 11.9. The van der Waals surface area contributed by atoms with Crippen molar-refractivity contribution in [3.8, 4) is 16.3 Å². The molecule has 1 aromatic heterocycles. The summed E-state index contributed by atoms with van der Waals surface area (Å²) >= 11 is 1.35. The lowest BCUT2D eigenvalue weighted by Crippen LogP contribution is -2.31. The second kappa shape index (κ2) is 8.17. The fourth-order valence-corrected chi connectivity index (χ4v) is 3.60. The van der Waals surface area contributed by atoms with Gasteiger partial charge >= 0.3 is 5.97 Å². The van der Waals surface area contributed by atoms with Crippen molar-refractivity contribution in [2.45, 2.75) is 18.9 Å². The van der Waals surface area contributed by atoms with E-state index < -0.39 is 0 Å². The summed E-state index contributed by atoms with van der Waals surface area (Å²) in [5.74, 6) is -0.221. The van der Waals surface area contributed by atoms with E-state index in [1.165, 1.54) is 18.4 Å². The SMILES string of the molecule is COC(=O)C[C@@H]1C[C@@H](COc2ccc(-c3ncc(C(=N)N)s3)cc2)NC1=O. The Labute approximate surface area is 160 Å². The molecule has 1 amide bonds. The fraction of sp³-hybridized carbons (Fsp3) is 0.333. The molecule has 0 bridgehead atoms. The Hall–Kier alpha value is -2.94. The topological polar surface area (TPSA) is 127 Å². The molecule has 0 spiro atoms. The quantitative estimate of drug-likeness (QED) is 0.375. The molecule has 0 aliphatic carbocycles. The summed E-state index contributed by atoms with van der Waals surface area (Å²) in [7, 11) is 1.31. The number of nitrogens with two attached hydrogens (primary N) is 1.